The summed E-state index contributed by atoms with van der Waals surface area (Å²) in [6.45, 7) is 9.62. The number of ketones is 2. The van der Waals surface area contributed by atoms with Crippen LogP contribution in [0.5, 0.6) is 5.75 Å². The second-order valence-electron chi connectivity index (χ2n) is 12.1. The topological polar surface area (TPSA) is 165 Å². The van der Waals surface area contributed by atoms with E-state index in [0.717, 1.165) is 6.54 Å². The van der Waals surface area contributed by atoms with Gasteiger partial charge in [0.1, 0.15) is 22.8 Å². The molecular formula is C29H38ClN3O7. The first kappa shape index (κ1) is 30.0. The van der Waals surface area contributed by atoms with Gasteiger partial charge >= 0.3 is 0 Å². The van der Waals surface area contributed by atoms with Crippen LogP contribution < -0.4 is 5.73 Å². The number of allylic oxidation sites excluding steroid dienone is 1. The van der Waals surface area contributed by atoms with Gasteiger partial charge in [-0.05, 0) is 69.8 Å². The monoisotopic (exact) mass is 575 g/mol. The number of primary amides is 1. The van der Waals surface area contributed by atoms with Crippen LogP contribution in [0.1, 0.15) is 55.6 Å². The van der Waals surface area contributed by atoms with Crippen LogP contribution in [0.3, 0.4) is 0 Å². The van der Waals surface area contributed by atoms with E-state index in [1.165, 1.54) is 11.0 Å². The van der Waals surface area contributed by atoms with Gasteiger partial charge in [-0.15, -0.1) is 0 Å². The molecule has 0 aliphatic heterocycles. The maximum absolute atomic E-state index is 13.8. The van der Waals surface area contributed by atoms with E-state index >= 15 is 0 Å². The molecule has 218 valence electrons. The Balaban J connectivity index is 1.86. The number of hydrogen-bond donors (Lipinski definition) is 5. The van der Waals surface area contributed by atoms with Crippen molar-refractivity contribution in [1.29, 1.82) is 0 Å². The third kappa shape index (κ3) is 4.51. The average Bonchev–Trinajstić information content (AvgIpc) is 2.83. The van der Waals surface area contributed by atoms with Gasteiger partial charge < -0.3 is 26.2 Å². The maximum atomic E-state index is 13.8. The smallest absolute Gasteiger partial charge is 0.255 e. The van der Waals surface area contributed by atoms with Crippen LogP contribution in [-0.4, -0.2) is 86.0 Å². The Morgan fingerprint density at radius 3 is 2.33 bits per heavy atom. The van der Waals surface area contributed by atoms with E-state index in [0.29, 0.717) is 28.6 Å². The van der Waals surface area contributed by atoms with Gasteiger partial charge in [0.25, 0.3) is 5.91 Å². The Labute approximate surface area is 238 Å². The molecule has 0 spiro atoms. The van der Waals surface area contributed by atoms with Crippen molar-refractivity contribution < 1.29 is 34.8 Å². The molecule has 1 aromatic carbocycles. The number of fused-ring (bicyclic) bond motifs is 3. The molecule has 10 nitrogen and oxygen atoms in total. The second kappa shape index (κ2) is 10.5. The number of likely N-dealkylation sites (N-methyl/N-ethyl adjacent to an activating group) is 1. The number of carbonyl (C=O) groups is 3. The van der Waals surface area contributed by atoms with E-state index < -0.39 is 58.0 Å². The van der Waals surface area contributed by atoms with Gasteiger partial charge in [-0.2, -0.15) is 0 Å². The van der Waals surface area contributed by atoms with Crippen molar-refractivity contribution in [1.82, 2.24) is 9.80 Å². The van der Waals surface area contributed by atoms with E-state index in [1.54, 1.807) is 14.1 Å². The van der Waals surface area contributed by atoms with E-state index in [4.69, 9.17) is 17.3 Å². The van der Waals surface area contributed by atoms with E-state index in [1.807, 2.05) is 0 Å². The number of carbonyl (C=O) groups excluding carboxylic acids is 3. The lowest BCUT2D eigenvalue weighted by Gasteiger charge is -2.50. The van der Waals surface area contributed by atoms with Gasteiger partial charge in [0.2, 0.25) is 5.78 Å². The number of hydrogen-bond acceptors (Lipinski definition) is 9. The molecular weight excluding hydrogens is 538 g/mol. The minimum absolute atomic E-state index is 0.0124. The molecule has 1 aromatic rings. The number of phenols is 1. The number of halogens is 1. The SMILES string of the molecule is CC(C)CN(Cc1cc(O)c2c(c1Cl)C[C@H]1C[C@H]3[C@H](N(C)C)C(O)=C(C(N)=O)C(=O)[C@@]3(O)C(O)=C1C2=O)C(C)C. The molecule has 3 aliphatic carbocycles. The number of rotatable bonds is 7. The molecule has 6 N–H and O–H groups in total. The van der Waals surface area contributed by atoms with Crippen LogP contribution in [0.25, 0.3) is 0 Å². The van der Waals surface area contributed by atoms with Crippen molar-refractivity contribution in [3.63, 3.8) is 0 Å². The predicted octanol–water partition coefficient (Wildman–Crippen LogP) is 2.64. The number of Topliss-reactive ketones (excluding diaryl/α,β-unsaturated/α-hetero) is 2. The molecule has 0 fully saturated rings. The number of aliphatic hydroxyl groups is 3. The zero-order chi connectivity index (χ0) is 30.0. The molecule has 0 heterocycles. The summed E-state index contributed by atoms with van der Waals surface area (Å²) >= 11 is 6.88. The van der Waals surface area contributed by atoms with E-state index in [9.17, 15) is 34.8 Å². The highest BCUT2D eigenvalue weighted by Gasteiger charge is 2.63. The third-order valence-corrected chi connectivity index (χ3v) is 8.91. The number of aromatic hydroxyl groups is 1. The Bertz CT molecular complexity index is 1350. The van der Waals surface area contributed by atoms with Crippen LogP contribution in [0.15, 0.2) is 28.7 Å². The molecule has 0 radical (unpaired) electrons. The normalized spacial score (nSPS) is 26.6. The summed E-state index contributed by atoms with van der Waals surface area (Å²) in [6, 6.07) is 0.613. The Hall–Kier alpha value is -2.92. The fraction of sp³-hybridized carbons (Fsp3) is 0.552. The lowest BCUT2D eigenvalue weighted by atomic mass is 9.58. The highest BCUT2D eigenvalue weighted by atomic mass is 35.5. The number of phenolic OH excluding ortho intramolecular Hbond substituents is 1. The Morgan fingerprint density at radius 2 is 1.80 bits per heavy atom. The molecule has 1 amide bonds. The molecule has 4 rings (SSSR count). The van der Waals surface area contributed by atoms with Crippen molar-refractivity contribution in [2.75, 3.05) is 20.6 Å². The molecule has 0 saturated carbocycles. The van der Waals surface area contributed by atoms with Gasteiger partial charge in [0.15, 0.2) is 11.4 Å². The number of nitrogens with zero attached hydrogens (tertiary/aromatic N) is 2. The molecule has 0 saturated heterocycles. The minimum atomic E-state index is -2.67. The van der Waals surface area contributed by atoms with Gasteiger partial charge in [-0.25, -0.2) is 0 Å². The highest BCUT2D eigenvalue weighted by molar-refractivity contribution is 6.33. The summed E-state index contributed by atoms with van der Waals surface area (Å²) in [4.78, 5) is 43.0. The molecule has 11 heteroatoms. The summed E-state index contributed by atoms with van der Waals surface area (Å²) in [5.74, 6) is -6.44. The molecule has 0 aromatic heterocycles. The van der Waals surface area contributed by atoms with Crippen molar-refractivity contribution in [2.45, 2.75) is 64.8 Å². The zero-order valence-corrected chi connectivity index (χ0v) is 24.4. The van der Waals surface area contributed by atoms with Crippen LogP contribution >= 0.6 is 11.6 Å². The second-order valence-corrected chi connectivity index (χ2v) is 12.5. The molecule has 3 aliphatic rings. The number of amides is 1. The zero-order valence-electron chi connectivity index (χ0n) is 23.7. The predicted molar refractivity (Wildman–Crippen MR) is 149 cm³/mol. The van der Waals surface area contributed by atoms with Crippen LogP contribution in [0, 0.1) is 17.8 Å². The first-order valence-corrected chi connectivity index (χ1v) is 13.8. The van der Waals surface area contributed by atoms with Crippen molar-refractivity contribution in [3.05, 3.63) is 50.4 Å². The fourth-order valence-electron chi connectivity index (χ4n) is 6.61. The standard InChI is InChI=1S/C29H38ClN3O7/c1-12(2)10-33(13(3)4)11-15-9-18(34)20-16(22(15)30)7-14-8-17-23(32(5)6)25(36)21(28(31)39)27(38)29(17,40)26(37)19(14)24(20)35/h9,12-14,17,23,34,36-37,40H,7-8,10-11H2,1-6H3,(H2,31,39)/t14-,17-,23-,29-/m0/s1. The van der Waals surface area contributed by atoms with Crippen molar-refractivity contribution in [3.8, 4) is 5.75 Å². The van der Waals surface area contributed by atoms with Gasteiger partial charge in [0.05, 0.1) is 11.6 Å². The largest absolute Gasteiger partial charge is 0.510 e. The fourth-order valence-corrected chi connectivity index (χ4v) is 6.90. The van der Waals surface area contributed by atoms with Gasteiger partial charge in [-0.1, -0.05) is 25.4 Å². The summed E-state index contributed by atoms with van der Waals surface area (Å²) in [6.07, 6.45) is 0.166. The Kier molecular flexibility index (Phi) is 7.87. The lowest BCUT2D eigenvalue weighted by Crippen LogP contribution is -2.63. The van der Waals surface area contributed by atoms with E-state index in [2.05, 4.69) is 32.6 Å². The first-order valence-electron chi connectivity index (χ1n) is 13.5. The van der Waals surface area contributed by atoms with Gasteiger partial charge in [-0.3, -0.25) is 24.2 Å². The van der Waals surface area contributed by atoms with E-state index in [-0.39, 0.29) is 35.8 Å². The highest BCUT2D eigenvalue weighted by Crippen LogP contribution is 2.53. The third-order valence-electron chi connectivity index (χ3n) is 8.43. The number of benzene rings is 1. The van der Waals surface area contributed by atoms with Crippen molar-refractivity contribution in [2.24, 2.45) is 23.5 Å². The molecule has 0 bridgehead atoms. The maximum Gasteiger partial charge on any atom is 0.255 e. The summed E-state index contributed by atoms with van der Waals surface area (Å²) in [5.41, 5.74) is 2.67. The molecule has 0 unspecified atom stereocenters. The van der Waals surface area contributed by atoms with Crippen LogP contribution in [0.4, 0.5) is 0 Å². The number of nitrogens with two attached hydrogens (primary N) is 1. The molecule has 40 heavy (non-hydrogen) atoms. The minimum Gasteiger partial charge on any atom is -0.510 e. The number of aliphatic hydroxyl groups excluding tert-OH is 2. The molecule has 4 atom stereocenters. The first-order chi connectivity index (χ1) is 18.5. The van der Waals surface area contributed by atoms with Gasteiger partial charge in [0, 0.05) is 35.6 Å². The summed E-state index contributed by atoms with van der Waals surface area (Å²) in [7, 11) is 3.18. The average molecular weight is 576 g/mol. The van der Waals surface area contributed by atoms with Crippen molar-refractivity contribution >= 4 is 29.1 Å². The summed E-state index contributed by atoms with van der Waals surface area (Å²) < 4.78 is 0. The lowest BCUT2D eigenvalue weighted by molar-refractivity contribution is -0.148. The Morgan fingerprint density at radius 1 is 1.18 bits per heavy atom. The van der Waals surface area contributed by atoms with Crippen LogP contribution in [-0.2, 0) is 22.6 Å². The van der Waals surface area contributed by atoms with Crippen LogP contribution in [0.2, 0.25) is 5.02 Å². The summed E-state index contributed by atoms with van der Waals surface area (Å²) in [5, 5.41) is 45.3. The quantitative estimate of drug-likeness (QED) is 0.307.